The van der Waals surface area contributed by atoms with Gasteiger partial charge in [0.25, 0.3) is 0 Å². The van der Waals surface area contributed by atoms with Gasteiger partial charge >= 0.3 is 5.97 Å². The molecule has 1 atom stereocenters. The van der Waals surface area contributed by atoms with Crippen molar-refractivity contribution < 1.29 is 9.90 Å². The number of benzene rings is 1. The van der Waals surface area contributed by atoms with Gasteiger partial charge in [0.1, 0.15) is 0 Å². The summed E-state index contributed by atoms with van der Waals surface area (Å²) in [6.45, 7) is 5.99. The lowest BCUT2D eigenvalue weighted by Gasteiger charge is -2.16. The number of carboxylic acids is 1. The van der Waals surface area contributed by atoms with Crippen LogP contribution in [0, 0.1) is 13.8 Å². The maximum Gasteiger partial charge on any atom is 0.303 e. The summed E-state index contributed by atoms with van der Waals surface area (Å²) in [5.74, 6) is -0.693. The number of hydrogen-bond donors (Lipinski definition) is 1. The van der Waals surface area contributed by atoms with Gasteiger partial charge in [-0.25, -0.2) is 0 Å². The van der Waals surface area contributed by atoms with E-state index in [1.54, 1.807) is 0 Å². The lowest BCUT2D eigenvalue weighted by molar-refractivity contribution is -0.137. The molecule has 0 aliphatic heterocycles. The van der Waals surface area contributed by atoms with E-state index in [9.17, 15) is 4.79 Å². The van der Waals surface area contributed by atoms with Gasteiger partial charge in [-0.05, 0) is 42.5 Å². The third kappa shape index (κ3) is 2.81. The van der Waals surface area contributed by atoms with Crippen LogP contribution in [0.25, 0.3) is 0 Å². The van der Waals surface area contributed by atoms with Gasteiger partial charge in [-0.1, -0.05) is 28.9 Å². The van der Waals surface area contributed by atoms with Crippen LogP contribution in [0.1, 0.15) is 36.0 Å². The van der Waals surface area contributed by atoms with Crippen molar-refractivity contribution in [3.05, 3.63) is 33.3 Å². The molecular weight excluding hydrogens is 256 g/mol. The Morgan fingerprint density at radius 2 is 2.07 bits per heavy atom. The van der Waals surface area contributed by atoms with E-state index in [1.165, 1.54) is 0 Å². The smallest absolute Gasteiger partial charge is 0.303 e. The molecule has 0 amide bonds. The predicted octanol–water partition coefficient (Wildman–Crippen LogP) is 3.64. The summed E-state index contributed by atoms with van der Waals surface area (Å²) >= 11 is 3.47. The van der Waals surface area contributed by atoms with E-state index in [0.717, 1.165) is 21.2 Å². The number of carbonyl (C=O) groups is 1. The lowest BCUT2D eigenvalue weighted by atomic mass is 9.90. The second kappa shape index (κ2) is 4.79. The molecule has 0 heterocycles. The summed E-state index contributed by atoms with van der Waals surface area (Å²) in [4.78, 5) is 10.7. The third-order valence-electron chi connectivity index (χ3n) is 2.64. The summed E-state index contributed by atoms with van der Waals surface area (Å²) < 4.78 is 1.04. The molecule has 82 valence electrons. The molecule has 1 aromatic rings. The number of rotatable bonds is 3. The topological polar surface area (TPSA) is 37.3 Å². The van der Waals surface area contributed by atoms with Gasteiger partial charge in [-0.2, -0.15) is 0 Å². The van der Waals surface area contributed by atoms with Crippen molar-refractivity contribution in [1.82, 2.24) is 0 Å². The number of hydrogen-bond acceptors (Lipinski definition) is 1. The van der Waals surface area contributed by atoms with E-state index in [2.05, 4.69) is 15.9 Å². The fourth-order valence-corrected chi connectivity index (χ4v) is 2.31. The molecule has 15 heavy (non-hydrogen) atoms. The molecule has 0 aliphatic rings. The van der Waals surface area contributed by atoms with E-state index in [4.69, 9.17) is 5.11 Å². The Balaban J connectivity index is 3.12. The van der Waals surface area contributed by atoms with Gasteiger partial charge in [-0.15, -0.1) is 0 Å². The summed E-state index contributed by atoms with van der Waals surface area (Å²) in [6.07, 6.45) is 0.179. The zero-order chi connectivity index (χ0) is 11.6. The molecule has 1 rings (SSSR count). The summed E-state index contributed by atoms with van der Waals surface area (Å²) in [7, 11) is 0. The fraction of sp³-hybridized carbons (Fsp3) is 0.417. The largest absolute Gasteiger partial charge is 0.481 e. The van der Waals surface area contributed by atoms with Gasteiger partial charge < -0.3 is 5.11 Å². The Bertz CT molecular complexity index is 385. The molecule has 0 saturated heterocycles. The zero-order valence-electron chi connectivity index (χ0n) is 9.17. The first-order valence-electron chi connectivity index (χ1n) is 4.91. The van der Waals surface area contributed by atoms with Crippen molar-refractivity contribution in [3.8, 4) is 0 Å². The van der Waals surface area contributed by atoms with Crippen LogP contribution in [0.15, 0.2) is 16.6 Å². The molecule has 0 spiro atoms. The first-order valence-corrected chi connectivity index (χ1v) is 5.70. The van der Waals surface area contributed by atoms with Gasteiger partial charge in [0.15, 0.2) is 0 Å². The third-order valence-corrected chi connectivity index (χ3v) is 3.50. The van der Waals surface area contributed by atoms with Crippen molar-refractivity contribution in [2.45, 2.75) is 33.1 Å². The number of halogens is 1. The number of aliphatic carboxylic acids is 1. The van der Waals surface area contributed by atoms with E-state index >= 15 is 0 Å². The standard InChI is InChI=1S/C12H15BrO2/c1-7-4-5-10(13)9(3)12(7)8(2)6-11(14)15/h4-5,8H,6H2,1-3H3,(H,14,15). The molecule has 3 heteroatoms. The quantitative estimate of drug-likeness (QED) is 0.911. The average Bonchev–Trinajstić information content (AvgIpc) is 2.11. The minimum Gasteiger partial charge on any atom is -0.481 e. The van der Waals surface area contributed by atoms with Gasteiger partial charge in [-0.3, -0.25) is 4.79 Å². The minimum absolute atomic E-state index is 0.0556. The Hall–Kier alpha value is -0.830. The van der Waals surface area contributed by atoms with Crippen LogP contribution in [-0.4, -0.2) is 11.1 Å². The van der Waals surface area contributed by atoms with E-state index in [0.29, 0.717) is 0 Å². The Kier molecular flexibility index (Phi) is 3.91. The first-order chi connectivity index (χ1) is 6.93. The zero-order valence-corrected chi connectivity index (χ0v) is 10.8. The van der Waals surface area contributed by atoms with E-state index in [-0.39, 0.29) is 12.3 Å². The van der Waals surface area contributed by atoms with Crippen LogP contribution in [0.4, 0.5) is 0 Å². The van der Waals surface area contributed by atoms with Crippen molar-refractivity contribution >= 4 is 21.9 Å². The molecule has 0 bridgehead atoms. The minimum atomic E-state index is -0.749. The number of carboxylic acid groups (broad SMARTS) is 1. The molecular formula is C12H15BrO2. The molecule has 0 saturated carbocycles. The Labute approximate surface area is 98.4 Å². The molecule has 0 aromatic heterocycles. The maximum atomic E-state index is 10.7. The highest BCUT2D eigenvalue weighted by atomic mass is 79.9. The SMILES string of the molecule is Cc1ccc(Br)c(C)c1C(C)CC(=O)O. The molecule has 0 radical (unpaired) electrons. The van der Waals surface area contributed by atoms with Gasteiger partial charge in [0, 0.05) is 4.47 Å². The van der Waals surface area contributed by atoms with Crippen LogP contribution in [0.3, 0.4) is 0 Å². The Morgan fingerprint density at radius 1 is 1.47 bits per heavy atom. The second-order valence-corrected chi connectivity index (χ2v) is 4.76. The average molecular weight is 271 g/mol. The maximum absolute atomic E-state index is 10.7. The second-order valence-electron chi connectivity index (χ2n) is 3.90. The monoisotopic (exact) mass is 270 g/mol. The summed E-state index contributed by atoms with van der Waals surface area (Å²) in [5.41, 5.74) is 3.44. The highest BCUT2D eigenvalue weighted by molar-refractivity contribution is 9.10. The Morgan fingerprint density at radius 3 is 2.60 bits per heavy atom. The fourth-order valence-electron chi connectivity index (χ4n) is 1.96. The van der Waals surface area contributed by atoms with Crippen molar-refractivity contribution in [2.24, 2.45) is 0 Å². The van der Waals surface area contributed by atoms with Crippen molar-refractivity contribution in [2.75, 3.05) is 0 Å². The molecule has 0 fully saturated rings. The highest BCUT2D eigenvalue weighted by Crippen LogP contribution is 2.30. The molecule has 2 nitrogen and oxygen atoms in total. The normalized spacial score (nSPS) is 12.5. The first kappa shape index (κ1) is 12.2. The summed E-state index contributed by atoms with van der Waals surface area (Å²) in [6, 6.07) is 4.02. The molecule has 0 aliphatic carbocycles. The molecule has 1 unspecified atom stereocenters. The van der Waals surface area contributed by atoms with Gasteiger partial charge in [0.2, 0.25) is 0 Å². The van der Waals surface area contributed by atoms with E-state index in [1.807, 2.05) is 32.9 Å². The molecule has 1 aromatic carbocycles. The van der Waals surface area contributed by atoms with Crippen LogP contribution in [-0.2, 0) is 4.79 Å². The lowest BCUT2D eigenvalue weighted by Crippen LogP contribution is -2.06. The highest BCUT2D eigenvalue weighted by Gasteiger charge is 2.15. The predicted molar refractivity (Wildman–Crippen MR) is 64.3 cm³/mol. The van der Waals surface area contributed by atoms with Crippen LogP contribution >= 0.6 is 15.9 Å². The van der Waals surface area contributed by atoms with Gasteiger partial charge in [0.05, 0.1) is 6.42 Å². The van der Waals surface area contributed by atoms with Crippen LogP contribution < -0.4 is 0 Å². The van der Waals surface area contributed by atoms with Crippen LogP contribution in [0.2, 0.25) is 0 Å². The van der Waals surface area contributed by atoms with Crippen LogP contribution in [0.5, 0.6) is 0 Å². The summed E-state index contributed by atoms with van der Waals surface area (Å²) in [5, 5.41) is 8.78. The molecule has 1 N–H and O–H groups in total. The van der Waals surface area contributed by atoms with Crippen molar-refractivity contribution in [1.29, 1.82) is 0 Å². The van der Waals surface area contributed by atoms with Crippen molar-refractivity contribution in [3.63, 3.8) is 0 Å². The number of aryl methyl sites for hydroxylation is 1. The van der Waals surface area contributed by atoms with E-state index < -0.39 is 5.97 Å².